The van der Waals surface area contributed by atoms with Crippen LogP contribution in [0.2, 0.25) is 0 Å². The van der Waals surface area contributed by atoms with Gasteiger partial charge in [-0.2, -0.15) is 0 Å². The van der Waals surface area contributed by atoms with E-state index in [9.17, 15) is 19.8 Å². The third-order valence-corrected chi connectivity index (χ3v) is 7.83. The molecular formula is C30H43NO6. The highest BCUT2D eigenvalue weighted by Crippen LogP contribution is 2.35. The van der Waals surface area contributed by atoms with Gasteiger partial charge in [0.05, 0.1) is 24.0 Å². The number of carbonyl (C=O) groups excluding carboxylic acids is 2. The SMILES string of the molecule is CCC[C@H]1C(=O)C(C)(C)[C@@H](O)CC(=O)O[C@H](c2ccc3oc(C)nc3c2)CC=C(C)CCC[C@H](C)[C@@H]1O. The lowest BCUT2D eigenvalue weighted by Gasteiger charge is -2.36. The Kier molecular flexibility index (Phi) is 9.70. The summed E-state index contributed by atoms with van der Waals surface area (Å²) in [7, 11) is 0. The van der Waals surface area contributed by atoms with Crippen LogP contribution in [0.3, 0.4) is 0 Å². The molecule has 0 aliphatic carbocycles. The zero-order valence-electron chi connectivity index (χ0n) is 23.1. The number of aliphatic hydroxyl groups excluding tert-OH is 2. The predicted octanol–water partition coefficient (Wildman–Crippen LogP) is 6.00. The molecule has 0 fully saturated rings. The number of fused-ring (bicyclic) bond motifs is 1. The van der Waals surface area contributed by atoms with Crippen LogP contribution in [0.5, 0.6) is 0 Å². The minimum absolute atomic E-state index is 0.0514. The average Bonchev–Trinajstić information content (AvgIpc) is 3.22. The normalized spacial score (nSPS) is 28.6. The second-order valence-electron chi connectivity index (χ2n) is 11.3. The lowest BCUT2D eigenvalue weighted by molar-refractivity contribution is -0.156. The molecule has 5 atom stereocenters. The maximum Gasteiger partial charge on any atom is 0.309 e. The molecule has 2 N–H and O–H groups in total. The lowest BCUT2D eigenvalue weighted by Crippen LogP contribution is -2.46. The van der Waals surface area contributed by atoms with Crippen molar-refractivity contribution in [2.45, 2.75) is 105 Å². The second-order valence-corrected chi connectivity index (χ2v) is 11.3. The number of Topliss-reactive ketones (excluding diaryl/α,β-unsaturated/α-hetero) is 1. The molecule has 0 bridgehead atoms. The number of esters is 1. The summed E-state index contributed by atoms with van der Waals surface area (Å²) in [5.74, 6) is -0.858. The highest BCUT2D eigenvalue weighted by atomic mass is 16.5. The number of aliphatic hydroxyl groups is 2. The van der Waals surface area contributed by atoms with Gasteiger partial charge >= 0.3 is 5.97 Å². The van der Waals surface area contributed by atoms with E-state index in [0.29, 0.717) is 29.8 Å². The van der Waals surface area contributed by atoms with Gasteiger partial charge in [-0.15, -0.1) is 0 Å². The number of aryl methyl sites for hydroxylation is 1. The van der Waals surface area contributed by atoms with Gasteiger partial charge in [-0.25, -0.2) is 4.98 Å². The molecule has 3 rings (SSSR count). The van der Waals surface area contributed by atoms with Crippen molar-refractivity contribution in [3.05, 3.63) is 41.3 Å². The Balaban J connectivity index is 1.93. The summed E-state index contributed by atoms with van der Waals surface area (Å²) in [5.41, 5.74) is 2.13. The van der Waals surface area contributed by atoms with Gasteiger partial charge in [-0.05, 0) is 56.2 Å². The molecule has 7 nitrogen and oxygen atoms in total. The molecule has 1 aliphatic heterocycles. The number of benzene rings is 1. The first-order chi connectivity index (χ1) is 17.4. The molecule has 37 heavy (non-hydrogen) atoms. The molecule has 0 amide bonds. The summed E-state index contributed by atoms with van der Waals surface area (Å²) in [5, 5.41) is 22.1. The highest BCUT2D eigenvalue weighted by Gasteiger charge is 2.43. The van der Waals surface area contributed by atoms with Gasteiger partial charge in [0.2, 0.25) is 0 Å². The van der Waals surface area contributed by atoms with Gasteiger partial charge in [-0.3, -0.25) is 9.59 Å². The van der Waals surface area contributed by atoms with Crippen LogP contribution in [0.15, 0.2) is 34.3 Å². The van der Waals surface area contributed by atoms with Crippen molar-refractivity contribution < 1.29 is 29.0 Å². The monoisotopic (exact) mass is 513 g/mol. The van der Waals surface area contributed by atoms with Crippen LogP contribution in [0.1, 0.15) is 97.1 Å². The second kappa shape index (κ2) is 12.4. The van der Waals surface area contributed by atoms with Crippen LogP contribution >= 0.6 is 0 Å². The minimum atomic E-state index is -1.24. The standard InChI is InChI=1S/C30H43NO6/c1-7-9-22-28(34)19(3)11-8-10-18(2)12-14-24(21-13-15-25-23(16-21)31-20(4)36-25)37-27(33)17-26(32)30(5,6)29(22)35/h12-13,15-16,19,22,24,26,28,32,34H,7-11,14,17H2,1-6H3/t19-,22+,24-,26-,28-/m0/s1. The van der Waals surface area contributed by atoms with Gasteiger partial charge in [0, 0.05) is 19.3 Å². The van der Waals surface area contributed by atoms with Crippen molar-refractivity contribution in [1.29, 1.82) is 0 Å². The molecule has 0 saturated carbocycles. The summed E-state index contributed by atoms with van der Waals surface area (Å²) >= 11 is 0. The van der Waals surface area contributed by atoms with Crippen LogP contribution in [0.25, 0.3) is 11.1 Å². The van der Waals surface area contributed by atoms with Crippen molar-refractivity contribution >= 4 is 22.9 Å². The predicted molar refractivity (Wildman–Crippen MR) is 143 cm³/mol. The number of hydrogen-bond donors (Lipinski definition) is 2. The number of aromatic nitrogens is 1. The Hall–Kier alpha value is -2.51. The molecule has 7 heteroatoms. The molecule has 0 unspecified atom stereocenters. The van der Waals surface area contributed by atoms with Crippen molar-refractivity contribution in [2.75, 3.05) is 0 Å². The molecule has 0 saturated heterocycles. The Morgan fingerprint density at radius 2 is 1.89 bits per heavy atom. The van der Waals surface area contributed by atoms with E-state index in [1.165, 1.54) is 5.57 Å². The summed E-state index contributed by atoms with van der Waals surface area (Å²) in [4.78, 5) is 31.0. The van der Waals surface area contributed by atoms with Crippen molar-refractivity contribution in [1.82, 2.24) is 4.98 Å². The Labute approximate surface area is 220 Å². The quantitative estimate of drug-likeness (QED) is 0.382. The number of ether oxygens (including phenoxy) is 1. The van der Waals surface area contributed by atoms with Gasteiger partial charge in [0.1, 0.15) is 17.4 Å². The first kappa shape index (κ1) is 29.1. The first-order valence-corrected chi connectivity index (χ1v) is 13.6. The van der Waals surface area contributed by atoms with E-state index in [1.54, 1.807) is 20.8 Å². The fraction of sp³-hybridized carbons (Fsp3) is 0.633. The summed E-state index contributed by atoms with van der Waals surface area (Å²) in [6.07, 6.45) is 3.49. The third kappa shape index (κ3) is 7.08. The van der Waals surface area contributed by atoms with Gasteiger partial charge in [0.25, 0.3) is 0 Å². The number of rotatable bonds is 3. The number of ketones is 1. The average molecular weight is 514 g/mol. The van der Waals surface area contributed by atoms with Crippen LogP contribution in [-0.2, 0) is 14.3 Å². The van der Waals surface area contributed by atoms with Gasteiger partial charge in [0.15, 0.2) is 11.5 Å². The van der Waals surface area contributed by atoms with Crippen LogP contribution in [0.4, 0.5) is 0 Å². The van der Waals surface area contributed by atoms with Crippen molar-refractivity contribution in [3.8, 4) is 0 Å². The number of cyclic esters (lactones) is 1. The van der Waals surface area contributed by atoms with E-state index in [4.69, 9.17) is 9.15 Å². The molecule has 1 aromatic heterocycles. The van der Waals surface area contributed by atoms with E-state index in [2.05, 4.69) is 18.0 Å². The van der Waals surface area contributed by atoms with Gasteiger partial charge < -0.3 is 19.4 Å². The molecule has 0 spiro atoms. The summed E-state index contributed by atoms with van der Waals surface area (Å²) in [6, 6.07) is 5.56. The number of allylic oxidation sites excluding steroid dienone is 1. The highest BCUT2D eigenvalue weighted by molar-refractivity contribution is 5.88. The maximum atomic E-state index is 13.6. The molecule has 2 heterocycles. The third-order valence-electron chi connectivity index (χ3n) is 7.83. The van der Waals surface area contributed by atoms with Crippen LogP contribution in [-0.4, -0.2) is 39.2 Å². The van der Waals surface area contributed by atoms with Gasteiger partial charge in [-0.1, -0.05) is 51.8 Å². The topological polar surface area (TPSA) is 110 Å². The van der Waals surface area contributed by atoms with Crippen molar-refractivity contribution in [3.63, 3.8) is 0 Å². The first-order valence-electron chi connectivity index (χ1n) is 13.6. The smallest absolute Gasteiger partial charge is 0.309 e. The zero-order chi connectivity index (χ0) is 27.3. The fourth-order valence-electron chi connectivity index (χ4n) is 5.22. The lowest BCUT2D eigenvalue weighted by atomic mass is 9.71. The van der Waals surface area contributed by atoms with E-state index in [-0.39, 0.29) is 18.1 Å². The van der Waals surface area contributed by atoms with E-state index >= 15 is 0 Å². The Morgan fingerprint density at radius 3 is 2.59 bits per heavy atom. The van der Waals surface area contributed by atoms with E-state index in [1.807, 2.05) is 32.0 Å². The Bertz CT molecular complexity index is 1120. The Morgan fingerprint density at radius 1 is 1.16 bits per heavy atom. The maximum absolute atomic E-state index is 13.6. The summed E-state index contributed by atoms with van der Waals surface area (Å²) < 4.78 is 11.5. The minimum Gasteiger partial charge on any atom is -0.457 e. The molecule has 1 aliphatic rings. The van der Waals surface area contributed by atoms with Crippen molar-refractivity contribution in [2.24, 2.45) is 17.3 Å². The number of hydrogen-bond acceptors (Lipinski definition) is 7. The summed E-state index contributed by atoms with van der Waals surface area (Å²) in [6.45, 7) is 11.1. The van der Waals surface area contributed by atoms with E-state index < -0.39 is 35.6 Å². The molecular weight excluding hydrogens is 470 g/mol. The number of carbonyl (C=O) groups is 2. The zero-order valence-corrected chi connectivity index (χ0v) is 23.1. The molecule has 0 radical (unpaired) electrons. The molecule has 204 valence electrons. The van der Waals surface area contributed by atoms with Crippen LogP contribution in [0, 0.1) is 24.2 Å². The number of nitrogens with zero attached hydrogens (tertiary/aromatic N) is 1. The van der Waals surface area contributed by atoms with E-state index in [0.717, 1.165) is 31.2 Å². The van der Waals surface area contributed by atoms with Crippen LogP contribution < -0.4 is 0 Å². The largest absolute Gasteiger partial charge is 0.457 e. The fourth-order valence-corrected chi connectivity index (χ4v) is 5.22. The number of oxazole rings is 1. The molecule has 2 aromatic rings. The molecule has 1 aromatic carbocycles.